The van der Waals surface area contributed by atoms with Crippen LogP contribution in [0, 0.1) is 0 Å². The molecule has 1 N–H and O–H groups in total. The van der Waals surface area contributed by atoms with Crippen molar-refractivity contribution >= 4 is 11.3 Å². The summed E-state index contributed by atoms with van der Waals surface area (Å²) in [6, 6.07) is 2.84. The van der Waals surface area contributed by atoms with Gasteiger partial charge in [-0.15, -0.1) is 0 Å². The van der Waals surface area contributed by atoms with Gasteiger partial charge in [-0.2, -0.15) is 11.3 Å². The van der Waals surface area contributed by atoms with E-state index in [1.54, 1.807) is 11.3 Å². The second-order valence-corrected chi connectivity index (χ2v) is 6.55. The molecule has 1 fully saturated rings. The molecule has 19 heavy (non-hydrogen) atoms. The molecule has 3 heteroatoms. The molecule has 1 aliphatic rings. The Bertz CT molecular complexity index is 340. The molecule has 0 radical (unpaired) electrons. The summed E-state index contributed by atoms with van der Waals surface area (Å²) in [6.07, 6.45) is 8.60. The lowest BCUT2D eigenvalue weighted by atomic mass is 9.75. The molecule has 1 saturated carbocycles. The molecule has 1 atom stereocenters. The molecule has 0 amide bonds. The van der Waals surface area contributed by atoms with Crippen LogP contribution in [-0.2, 0) is 11.2 Å². The first kappa shape index (κ1) is 15.0. The highest BCUT2D eigenvalue weighted by Crippen LogP contribution is 2.39. The first-order valence-corrected chi connectivity index (χ1v) is 8.52. The van der Waals surface area contributed by atoms with Crippen molar-refractivity contribution in [2.45, 2.75) is 63.5 Å². The molecular weight excluding hydrogens is 254 g/mol. The van der Waals surface area contributed by atoms with E-state index in [-0.39, 0.29) is 5.60 Å². The average molecular weight is 281 g/mol. The van der Waals surface area contributed by atoms with Crippen molar-refractivity contribution < 1.29 is 4.74 Å². The summed E-state index contributed by atoms with van der Waals surface area (Å²) in [6.45, 7) is 3.35. The Kier molecular flexibility index (Phi) is 5.86. The Labute approximate surface area is 121 Å². The third-order valence-corrected chi connectivity index (χ3v) is 5.09. The van der Waals surface area contributed by atoms with Crippen LogP contribution in [0.4, 0.5) is 0 Å². The molecule has 0 aromatic carbocycles. The van der Waals surface area contributed by atoms with Crippen molar-refractivity contribution in [2.75, 3.05) is 13.7 Å². The van der Waals surface area contributed by atoms with Gasteiger partial charge in [0.15, 0.2) is 0 Å². The van der Waals surface area contributed by atoms with Crippen LogP contribution >= 0.6 is 11.3 Å². The van der Waals surface area contributed by atoms with E-state index in [0.717, 1.165) is 6.54 Å². The zero-order valence-electron chi connectivity index (χ0n) is 12.3. The number of hydrogen-bond donors (Lipinski definition) is 1. The summed E-state index contributed by atoms with van der Waals surface area (Å²) < 4.78 is 5.78. The number of ether oxygens (including phenoxy) is 1. The molecule has 0 aliphatic heterocycles. The first-order chi connectivity index (χ1) is 9.28. The first-order valence-electron chi connectivity index (χ1n) is 7.57. The molecular formula is C16H27NOS. The summed E-state index contributed by atoms with van der Waals surface area (Å²) in [7, 11) is 1.88. The Morgan fingerprint density at radius 3 is 2.84 bits per heavy atom. The molecule has 1 aromatic rings. The lowest BCUT2D eigenvalue weighted by Crippen LogP contribution is -2.46. The van der Waals surface area contributed by atoms with Gasteiger partial charge in [0, 0.05) is 13.2 Å². The van der Waals surface area contributed by atoms with Crippen LogP contribution in [0.25, 0.3) is 0 Å². The maximum atomic E-state index is 5.78. The maximum absolute atomic E-state index is 5.78. The van der Waals surface area contributed by atoms with Crippen molar-refractivity contribution in [1.82, 2.24) is 5.32 Å². The molecule has 2 rings (SSSR count). The number of nitrogens with one attached hydrogen (secondary N) is 1. The van der Waals surface area contributed by atoms with Crippen LogP contribution in [0.2, 0.25) is 0 Å². The molecule has 0 spiro atoms. The highest BCUT2D eigenvalue weighted by atomic mass is 32.1. The average Bonchev–Trinajstić information content (AvgIpc) is 2.89. The fraction of sp³-hybridized carbons (Fsp3) is 0.750. The van der Waals surface area contributed by atoms with E-state index in [1.165, 1.54) is 50.5 Å². The standard InChI is InChI=1S/C16H27NOS/c1-3-10-17-15(6-5-14-7-11-19-13-14)12-16(18-2)8-4-9-16/h7,11,13,15,17H,3-6,8-10,12H2,1-2H3. The van der Waals surface area contributed by atoms with Crippen molar-refractivity contribution in [3.63, 3.8) is 0 Å². The fourth-order valence-corrected chi connectivity index (χ4v) is 3.62. The van der Waals surface area contributed by atoms with E-state index in [2.05, 4.69) is 29.1 Å². The summed E-state index contributed by atoms with van der Waals surface area (Å²) >= 11 is 1.80. The van der Waals surface area contributed by atoms with E-state index in [0.29, 0.717) is 6.04 Å². The maximum Gasteiger partial charge on any atom is 0.0693 e. The van der Waals surface area contributed by atoms with Crippen LogP contribution in [0.1, 0.15) is 51.0 Å². The number of methoxy groups -OCH3 is 1. The summed E-state index contributed by atoms with van der Waals surface area (Å²) in [5.74, 6) is 0. The van der Waals surface area contributed by atoms with Crippen LogP contribution in [0.3, 0.4) is 0 Å². The van der Waals surface area contributed by atoms with Gasteiger partial charge < -0.3 is 10.1 Å². The van der Waals surface area contributed by atoms with Gasteiger partial charge in [0.2, 0.25) is 0 Å². The van der Waals surface area contributed by atoms with Crippen molar-refractivity contribution in [2.24, 2.45) is 0 Å². The summed E-state index contributed by atoms with van der Waals surface area (Å²) in [5, 5.41) is 8.16. The molecule has 0 saturated heterocycles. The normalized spacial score (nSPS) is 19.1. The van der Waals surface area contributed by atoms with Gasteiger partial charge in [0.25, 0.3) is 0 Å². The van der Waals surface area contributed by atoms with Crippen LogP contribution < -0.4 is 5.32 Å². The predicted octanol–water partition coefficient (Wildman–Crippen LogP) is 4.01. The number of thiophene rings is 1. The SMILES string of the molecule is CCCNC(CCc1ccsc1)CC1(OC)CCC1. The van der Waals surface area contributed by atoms with Gasteiger partial charge >= 0.3 is 0 Å². The Hall–Kier alpha value is -0.380. The summed E-state index contributed by atoms with van der Waals surface area (Å²) in [4.78, 5) is 0. The van der Waals surface area contributed by atoms with Gasteiger partial charge in [-0.3, -0.25) is 0 Å². The minimum absolute atomic E-state index is 0.181. The van der Waals surface area contributed by atoms with Crippen LogP contribution in [-0.4, -0.2) is 25.3 Å². The topological polar surface area (TPSA) is 21.3 Å². The Morgan fingerprint density at radius 2 is 2.32 bits per heavy atom. The molecule has 1 aromatic heterocycles. The third-order valence-electron chi connectivity index (χ3n) is 4.36. The largest absolute Gasteiger partial charge is 0.378 e. The molecule has 0 bridgehead atoms. The third kappa shape index (κ3) is 4.30. The minimum atomic E-state index is 0.181. The smallest absolute Gasteiger partial charge is 0.0693 e. The van der Waals surface area contributed by atoms with Gasteiger partial charge in [-0.1, -0.05) is 6.92 Å². The second-order valence-electron chi connectivity index (χ2n) is 5.77. The zero-order chi connectivity index (χ0) is 13.6. The number of rotatable bonds is 9. The molecule has 108 valence electrons. The van der Waals surface area contributed by atoms with Gasteiger partial charge in [-0.25, -0.2) is 0 Å². The van der Waals surface area contributed by atoms with E-state index < -0.39 is 0 Å². The van der Waals surface area contributed by atoms with Gasteiger partial charge in [-0.05, 0) is 73.9 Å². The monoisotopic (exact) mass is 281 g/mol. The highest BCUT2D eigenvalue weighted by molar-refractivity contribution is 7.07. The van der Waals surface area contributed by atoms with Gasteiger partial charge in [0.05, 0.1) is 5.60 Å². The Balaban J connectivity index is 1.83. The zero-order valence-corrected chi connectivity index (χ0v) is 13.1. The fourth-order valence-electron chi connectivity index (χ4n) is 2.91. The lowest BCUT2D eigenvalue weighted by molar-refractivity contribution is -0.0838. The quantitative estimate of drug-likeness (QED) is 0.738. The van der Waals surface area contributed by atoms with E-state index in [1.807, 2.05) is 7.11 Å². The van der Waals surface area contributed by atoms with E-state index in [9.17, 15) is 0 Å². The van der Waals surface area contributed by atoms with E-state index in [4.69, 9.17) is 4.74 Å². The summed E-state index contributed by atoms with van der Waals surface area (Å²) in [5.41, 5.74) is 1.66. The Morgan fingerprint density at radius 1 is 1.47 bits per heavy atom. The van der Waals surface area contributed by atoms with E-state index >= 15 is 0 Å². The molecule has 1 aliphatic carbocycles. The highest BCUT2D eigenvalue weighted by Gasteiger charge is 2.38. The van der Waals surface area contributed by atoms with Crippen molar-refractivity contribution in [3.8, 4) is 0 Å². The number of hydrogen-bond acceptors (Lipinski definition) is 3. The van der Waals surface area contributed by atoms with Gasteiger partial charge in [0.1, 0.15) is 0 Å². The second kappa shape index (κ2) is 7.41. The molecule has 1 unspecified atom stereocenters. The van der Waals surface area contributed by atoms with Crippen molar-refractivity contribution in [1.29, 1.82) is 0 Å². The van der Waals surface area contributed by atoms with Crippen molar-refractivity contribution in [3.05, 3.63) is 22.4 Å². The minimum Gasteiger partial charge on any atom is -0.378 e. The van der Waals surface area contributed by atoms with Crippen LogP contribution in [0.15, 0.2) is 16.8 Å². The predicted molar refractivity (Wildman–Crippen MR) is 82.9 cm³/mol. The number of aryl methyl sites for hydroxylation is 1. The molecule has 2 nitrogen and oxygen atoms in total. The van der Waals surface area contributed by atoms with Crippen LogP contribution in [0.5, 0.6) is 0 Å². The lowest BCUT2D eigenvalue weighted by Gasteiger charge is -2.43. The molecule has 1 heterocycles.